The van der Waals surface area contributed by atoms with E-state index in [0.717, 1.165) is 10.0 Å². The summed E-state index contributed by atoms with van der Waals surface area (Å²) in [5.41, 5.74) is 1.36. The number of carbonyl (C=O) groups excluding carboxylic acids is 2. The number of rotatable bonds is 7. The summed E-state index contributed by atoms with van der Waals surface area (Å²) < 4.78 is 2.63. The molecule has 0 aliphatic rings. The van der Waals surface area contributed by atoms with Crippen LogP contribution >= 0.6 is 27.5 Å². The molecule has 2 aromatic carbocycles. The number of anilines is 1. The van der Waals surface area contributed by atoms with Crippen LogP contribution in [0.5, 0.6) is 0 Å². The van der Waals surface area contributed by atoms with Crippen LogP contribution in [0.1, 0.15) is 29.8 Å². The summed E-state index contributed by atoms with van der Waals surface area (Å²) in [6.07, 6.45) is 1.55. The average molecular weight is 491 g/mol. The van der Waals surface area contributed by atoms with Crippen molar-refractivity contribution in [1.29, 1.82) is 0 Å². The lowest BCUT2D eigenvalue weighted by atomic mass is 10.0. The fraction of sp³-hybridized carbons (Fsp3) is 0.238. The average Bonchev–Trinajstić information content (AvgIpc) is 3.14. The predicted octanol–water partition coefficient (Wildman–Crippen LogP) is 4.14. The van der Waals surface area contributed by atoms with Crippen molar-refractivity contribution < 1.29 is 9.59 Å². The van der Waals surface area contributed by atoms with Gasteiger partial charge in [-0.2, -0.15) is 0 Å². The fourth-order valence-corrected chi connectivity index (χ4v) is 3.28. The summed E-state index contributed by atoms with van der Waals surface area (Å²) in [7, 11) is 0. The zero-order valence-electron chi connectivity index (χ0n) is 16.5. The van der Waals surface area contributed by atoms with Crippen LogP contribution in [0.2, 0.25) is 5.02 Å². The molecule has 156 valence electrons. The van der Waals surface area contributed by atoms with Gasteiger partial charge in [-0.15, -0.1) is 5.10 Å². The maximum absolute atomic E-state index is 12.8. The molecule has 1 unspecified atom stereocenters. The minimum Gasteiger partial charge on any atom is -0.340 e. The number of hydrogen-bond donors (Lipinski definition) is 2. The number of hydrogen-bond acceptors (Lipinski definition) is 4. The van der Waals surface area contributed by atoms with Gasteiger partial charge >= 0.3 is 0 Å². The first kappa shape index (κ1) is 22.0. The number of nitrogens with one attached hydrogen (secondary N) is 2. The molecule has 3 aromatic rings. The molecule has 0 fully saturated rings. The van der Waals surface area contributed by atoms with Gasteiger partial charge < -0.3 is 5.32 Å². The molecule has 9 heteroatoms. The third-order valence-corrected chi connectivity index (χ3v) is 5.24. The number of carbonyl (C=O) groups is 2. The molecular weight excluding hydrogens is 470 g/mol. The molecule has 30 heavy (non-hydrogen) atoms. The molecule has 7 nitrogen and oxygen atoms in total. The maximum Gasteiger partial charge on any atom is 0.253 e. The Hall–Kier alpha value is -2.71. The molecule has 0 bridgehead atoms. The van der Waals surface area contributed by atoms with Crippen LogP contribution in [0, 0.1) is 5.92 Å². The van der Waals surface area contributed by atoms with Crippen LogP contribution in [0.15, 0.2) is 59.3 Å². The van der Waals surface area contributed by atoms with E-state index in [1.165, 1.54) is 0 Å². The van der Waals surface area contributed by atoms with Crippen LogP contribution in [-0.4, -0.2) is 32.6 Å². The number of aromatic nitrogens is 3. The molecule has 0 aliphatic heterocycles. The van der Waals surface area contributed by atoms with E-state index in [1.807, 2.05) is 38.1 Å². The molecule has 1 heterocycles. The van der Waals surface area contributed by atoms with E-state index in [4.69, 9.17) is 11.6 Å². The Morgan fingerprint density at radius 1 is 1.13 bits per heavy atom. The van der Waals surface area contributed by atoms with Gasteiger partial charge in [0.15, 0.2) is 0 Å². The minimum atomic E-state index is -0.771. The molecule has 0 aliphatic carbocycles. The van der Waals surface area contributed by atoms with E-state index in [0.29, 0.717) is 17.1 Å². The first-order valence-corrected chi connectivity index (χ1v) is 10.5. The van der Waals surface area contributed by atoms with Crippen LogP contribution < -0.4 is 10.6 Å². The lowest BCUT2D eigenvalue weighted by Crippen LogP contribution is -2.47. The van der Waals surface area contributed by atoms with Crippen molar-refractivity contribution in [3.05, 3.63) is 75.5 Å². The van der Waals surface area contributed by atoms with Gasteiger partial charge in [-0.25, -0.2) is 9.67 Å². The summed E-state index contributed by atoms with van der Waals surface area (Å²) in [5, 5.41) is 10.0. The van der Waals surface area contributed by atoms with Crippen molar-refractivity contribution in [2.24, 2.45) is 5.92 Å². The highest BCUT2D eigenvalue weighted by Gasteiger charge is 2.26. The Labute approximate surface area is 188 Å². The van der Waals surface area contributed by atoms with E-state index in [2.05, 4.69) is 36.6 Å². The SMILES string of the molecule is CC(C)C(NC(=O)c1ccccc1Cl)C(=O)Nc1ncn(Cc2ccc(Br)cc2)n1. The van der Waals surface area contributed by atoms with Gasteiger partial charge in [0.05, 0.1) is 17.1 Å². The highest BCUT2D eigenvalue weighted by molar-refractivity contribution is 9.10. The van der Waals surface area contributed by atoms with Gasteiger partial charge in [-0.1, -0.05) is 65.6 Å². The van der Waals surface area contributed by atoms with Crippen molar-refractivity contribution in [3.8, 4) is 0 Å². The second-order valence-electron chi connectivity index (χ2n) is 7.06. The van der Waals surface area contributed by atoms with E-state index in [-0.39, 0.29) is 11.9 Å². The highest BCUT2D eigenvalue weighted by Crippen LogP contribution is 2.16. The molecule has 0 saturated heterocycles. The Kier molecular flexibility index (Phi) is 7.23. The lowest BCUT2D eigenvalue weighted by Gasteiger charge is -2.21. The molecule has 1 aromatic heterocycles. The molecular formula is C21H21BrClN5O2. The molecule has 2 N–H and O–H groups in total. The van der Waals surface area contributed by atoms with Gasteiger partial charge in [-0.3, -0.25) is 14.9 Å². The van der Waals surface area contributed by atoms with Crippen LogP contribution in [0.4, 0.5) is 5.95 Å². The highest BCUT2D eigenvalue weighted by atomic mass is 79.9. The van der Waals surface area contributed by atoms with Crippen molar-refractivity contribution in [2.45, 2.75) is 26.4 Å². The molecule has 0 saturated carbocycles. The molecule has 1 atom stereocenters. The molecule has 3 rings (SSSR count). The number of nitrogens with zero attached hydrogens (tertiary/aromatic N) is 3. The third kappa shape index (κ3) is 5.67. The van der Waals surface area contributed by atoms with E-state index < -0.39 is 17.9 Å². The Morgan fingerprint density at radius 2 is 1.83 bits per heavy atom. The molecule has 2 amide bonds. The van der Waals surface area contributed by atoms with Crippen LogP contribution in [-0.2, 0) is 11.3 Å². The Bertz CT molecular complexity index is 1040. The Balaban J connectivity index is 1.65. The molecule has 0 radical (unpaired) electrons. The zero-order chi connectivity index (χ0) is 21.7. The fourth-order valence-electron chi connectivity index (χ4n) is 2.79. The second-order valence-corrected chi connectivity index (χ2v) is 8.38. The first-order chi connectivity index (χ1) is 14.3. The van der Waals surface area contributed by atoms with Crippen molar-refractivity contribution in [1.82, 2.24) is 20.1 Å². The summed E-state index contributed by atoms with van der Waals surface area (Å²) >= 11 is 9.49. The van der Waals surface area contributed by atoms with Crippen LogP contribution in [0.25, 0.3) is 0 Å². The first-order valence-electron chi connectivity index (χ1n) is 9.33. The van der Waals surface area contributed by atoms with E-state index in [1.54, 1.807) is 35.3 Å². The standard InChI is InChI=1S/C21H21BrClN5O2/c1-13(2)18(25-19(29)16-5-3-4-6-17(16)23)20(30)26-21-24-12-28(27-21)11-14-7-9-15(22)10-8-14/h3-10,12-13,18H,11H2,1-2H3,(H,25,29)(H,26,27,30). The lowest BCUT2D eigenvalue weighted by molar-refractivity contribution is -0.118. The van der Waals surface area contributed by atoms with E-state index >= 15 is 0 Å². The van der Waals surface area contributed by atoms with Gasteiger partial charge in [0.25, 0.3) is 5.91 Å². The quantitative estimate of drug-likeness (QED) is 0.521. The summed E-state index contributed by atoms with van der Waals surface area (Å²) in [6.45, 7) is 4.21. The summed E-state index contributed by atoms with van der Waals surface area (Å²) in [4.78, 5) is 29.5. The van der Waals surface area contributed by atoms with Gasteiger partial charge in [0.2, 0.25) is 11.9 Å². The maximum atomic E-state index is 12.8. The minimum absolute atomic E-state index is 0.152. The van der Waals surface area contributed by atoms with Crippen molar-refractivity contribution in [2.75, 3.05) is 5.32 Å². The topological polar surface area (TPSA) is 88.9 Å². The smallest absolute Gasteiger partial charge is 0.253 e. The Morgan fingerprint density at radius 3 is 2.50 bits per heavy atom. The summed E-state index contributed by atoms with van der Waals surface area (Å²) in [6, 6.07) is 13.8. The monoisotopic (exact) mass is 489 g/mol. The number of benzene rings is 2. The predicted molar refractivity (Wildman–Crippen MR) is 119 cm³/mol. The summed E-state index contributed by atoms with van der Waals surface area (Å²) in [5.74, 6) is -0.786. The van der Waals surface area contributed by atoms with Crippen molar-refractivity contribution >= 4 is 45.3 Å². The van der Waals surface area contributed by atoms with Crippen molar-refractivity contribution in [3.63, 3.8) is 0 Å². The second kappa shape index (κ2) is 9.86. The van der Waals surface area contributed by atoms with Gasteiger partial charge in [0, 0.05) is 4.47 Å². The third-order valence-electron chi connectivity index (χ3n) is 4.38. The number of amides is 2. The molecule has 0 spiro atoms. The number of halogens is 2. The van der Waals surface area contributed by atoms with E-state index in [9.17, 15) is 9.59 Å². The largest absolute Gasteiger partial charge is 0.340 e. The van der Waals surface area contributed by atoms with Gasteiger partial charge in [0.1, 0.15) is 12.4 Å². The normalized spacial score (nSPS) is 11.9. The van der Waals surface area contributed by atoms with Gasteiger partial charge in [-0.05, 0) is 35.7 Å². The van der Waals surface area contributed by atoms with Crippen LogP contribution in [0.3, 0.4) is 0 Å². The zero-order valence-corrected chi connectivity index (χ0v) is 18.8.